The van der Waals surface area contributed by atoms with Gasteiger partial charge in [-0.05, 0) is 28.7 Å². The van der Waals surface area contributed by atoms with Gasteiger partial charge in [-0.1, -0.05) is 18.2 Å². The number of aromatic amines is 1. The first-order valence-electron chi connectivity index (χ1n) is 3.42. The Labute approximate surface area is 82.0 Å². The summed E-state index contributed by atoms with van der Waals surface area (Å²) in [6.45, 7) is 0. The molecule has 0 saturated heterocycles. The predicted molar refractivity (Wildman–Crippen MR) is 55.1 cm³/mol. The zero-order valence-corrected chi connectivity index (χ0v) is 8.20. The van der Waals surface area contributed by atoms with Crippen molar-refractivity contribution in [1.82, 2.24) is 9.97 Å². The van der Waals surface area contributed by atoms with E-state index in [1.807, 2.05) is 24.3 Å². The molecule has 0 atom stereocenters. The van der Waals surface area contributed by atoms with Crippen LogP contribution >= 0.6 is 22.6 Å². The van der Waals surface area contributed by atoms with Crippen molar-refractivity contribution < 1.29 is 0 Å². The van der Waals surface area contributed by atoms with E-state index in [4.69, 9.17) is 0 Å². The van der Waals surface area contributed by atoms with Crippen molar-refractivity contribution in [3.63, 3.8) is 0 Å². The maximum atomic E-state index is 10.9. The summed E-state index contributed by atoms with van der Waals surface area (Å²) in [5.74, 6) is 0. The molecule has 0 bridgehead atoms. The van der Waals surface area contributed by atoms with E-state index in [1.54, 1.807) is 0 Å². The van der Waals surface area contributed by atoms with Gasteiger partial charge in [-0.15, -0.1) is 0 Å². The van der Waals surface area contributed by atoms with E-state index in [0.717, 1.165) is 14.6 Å². The summed E-state index contributed by atoms with van der Waals surface area (Å²) in [6.07, 6.45) is 0. The molecule has 0 aliphatic carbocycles. The van der Waals surface area contributed by atoms with Crippen LogP contribution in [0.25, 0.3) is 10.9 Å². The highest BCUT2D eigenvalue weighted by Gasteiger charge is 1.98. The fraction of sp³-hybridized carbons (Fsp3) is 0. The maximum absolute atomic E-state index is 10.9. The monoisotopic (exact) mass is 272 g/mol. The van der Waals surface area contributed by atoms with Gasteiger partial charge in [-0.25, -0.2) is 4.79 Å². The van der Waals surface area contributed by atoms with Gasteiger partial charge in [0.25, 0.3) is 0 Å². The lowest BCUT2D eigenvalue weighted by Crippen LogP contribution is -2.11. The number of rotatable bonds is 0. The second-order valence-electron chi connectivity index (χ2n) is 2.37. The Morgan fingerprint density at radius 1 is 1.33 bits per heavy atom. The molecule has 2 rings (SSSR count). The fourth-order valence-corrected chi connectivity index (χ4v) is 1.74. The van der Waals surface area contributed by atoms with Gasteiger partial charge in [0.15, 0.2) is 0 Å². The van der Waals surface area contributed by atoms with Crippen molar-refractivity contribution in [1.29, 1.82) is 0 Å². The second kappa shape index (κ2) is 2.85. The van der Waals surface area contributed by atoms with Crippen molar-refractivity contribution in [2.45, 2.75) is 0 Å². The highest BCUT2D eigenvalue weighted by atomic mass is 127. The van der Waals surface area contributed by atoms with Crippen LogP contribution < -0.4 is 5.69 Å². The number of halogens is 1. The number of aromatic nitrogens is 2. The Morgan fingerprint density at radius 2 is 2.08 bits per heavy atom. The Hall–Kier alpha value is -0.910. The van der Waals surface area contributed by atoms with Crippen LogP contribution in [-0.2, 0) is 0 Å². The van der Waals surface area contributed by atoms with Gasteiger partial charge >= 0.3 is 5.69 Å². The topological polar surface area (TPSA) is 45.8 Å². The second-order valence-corrected chi connectivity index (χ2v) is 3.45. The summed E-state index contributed by atoms with van der Waals surface area (Å²) in [5, 5.41) is 0.984. The zero-order valence-electron chi connectivity index (χ0n) is 6.04. The van der Waals surface area contributed by atoms with Crippen molar-refractivity contribution in [2.24, 2.45) is 0 Å². The lowest BCUT2D eigenvalue weighted by Gasteiger charge is -1.96. The first kappa shape index (κ1) is 7.72. The molecule has 3 nitrogen and oxygen atoms in total. The van der Waals surface area contributed by atoms with Crippen LogP contribution in [0.1, 0.15) is 0 Å². The van der Waals surface area contributed by atoms with E-state index in [9.17, 15) is 4.79 Å². The van der Waals surface area contributed by atoms with E-state index in [0.29, 0.717) is 0 Å². The summed E-state index contributed by atoms with van der Waals surface area (Å²) in [7, 11) is 0. The third-order valence-electron chi connectivity index (χ3n) is 1.58. The molecular formula is C8H5IN2O. The Bertz CT molecular complexity index is 478. The minimum atomic E-state index is -0.293. The minimum absolute atomic E-state index is 0.293. The number of nitrogens with zero attached hydrogens (tertiary/aromatic N) is 1. The van der Waals surface area contributed by atoms with E-state index < -0.39 is 0 Å². The molecule has 1 aromatic heterocycles. The van der Waals surface area contributed by atoms with Gasteiger partial charge < -0.3 is 4.98 Å². The van der Waals surface area contributed by atoms with Crippen molar-refractivity contribution in [2.75, 3.05) is 0 Å². The van der Waals surface area contributed by atoms with Gasteiger partial charge in [0.1, 0.15) is 0 Å². The fourth-order valence-electron chi connectivity index (χ4n) is 1.06. The van der Waals surface area contributed by atoms with Gasteiger partial charge in [-0.3, -0.25) is 0 Å². The van der Waals surface area contributed by atoms with Crippen LogP contribution in [0.15, 0.2) is 29.1 Å². The summed E-state index contributed by atoms with van der Waals surface area (Å²) < 4.78 is 0.836. The molecule has 0 unspecified atom stereocenters. The average molecular weight is 272 g/mol. The average Bonchev–Trinajstić information content (AvgIpc) is 2.04. The van der Waals surface area contributed by atoms with Gasteiger partial charge in [0, 0.05) is 5.39 Å². The van der Waals surface area contributed by atoms with E-state index >= 15 is 0 Å². The van der Waals surface area contributed by atoms with Crippen molar-refractivity contribution in [3.05, 3.63) is 38.5 Å². The molecule has 60 valence electrons. The molecule has 0 fully saturated rings. The van der Waals surface area contributed by atoms with Crippen LogP contribution in [0, 0.1) is 3.70 Å². The van der Waals surface area contributed by atoms with Crippen molar-refractivity contribution >= 4 is 33.5 Å². The standard InChI is InChI=1S/C8H5IN2O/c9-7-5-3-1-2-4-6(5)10-8(12)11-7/h1-4H,(H,10,11,12). The van der Waals surface area contributed by atoms with E-state index in [2.05, 4.69) is 32.6 Å². The molecular weight excluding hydrogens is 267 g/mol. The molecule has 1 aromatic carbocycles. The zero-order chi connectivity index (χ0) is 8.55. The molecule has 0 spiro atoms. The number of hydrogen-bond donors (Lipinski definition) is 1. The molecule has 4 heteroatoms. The molecule has 1 heterocycles. The lowest BCUT2D eigenvalue weighted by molar-refractivity contribution is 1.09. The summed E-state index contributed by atoms with van der Waals surface area (Å²) in [5.41, 5.74) is 0.448. The van der Waals surface area contributed by atoms with Crippen LogP contribution in [0.4, 0.5) is 0 Å². The summed E-state index contributed by atoms with van der Waals surface area (Å²) >= 11 is 2.09. The minimum Gasteiger partial charge on any atom is -0.300 e. The Balaban J connectivity index is 2.99. The van der Waals surface area contributed by atoms with Gasteiger partial charge in [0.2, 0.25) is 0 Å². The first-order valence-corrected chi connectivity index (χ1v) is 4.50. The largest absolute Gasteiger partial charge is 0.346 e. The van der Waals surface area contributed by atoms with Crippen LogP contribution in [0.2, 0.25) is 0 Å². The number of nitrogens with one attached hydrogen (secondary N) is 1. The molecule has 0 amide bonds. The predicted octanol–water partition coefficient (Wildman–Crippen LogP) is 1.53. The summed E-state index contributed by atoms with van der Waals surface area (Å²) in [4.78, 5) is 17.4. The first-order chi connectivity index (χ1) is 5.77. The molecule has 1 N–H and O–H groups in total. The molecule has 12 heavy (non-hydrogen) atoms. The Morgan fingerprint density at radius 3 is 2.92 bits per heavy atom. The van der Waals surface area contributed by atoms with Crippen molar-refractivity contribution in [3.8, 4) is 0 Å². The number of H-pyrrole nitrogens is 1. The highest BCUT2D eigenvalue weighted by Crippen LogP contribution is 2.13. The molecule has 0 aliphatic heterocycles. The highest BCUT2D eigenvalue weighted by molar-refractivity contribution is 14.1. The Kier molecular flexibility index (Phi) is 1.84. The number of hydrogen-bond acceptors (Lipinski definition) is 2. The third kappa shape index (κ3) is 1.22. The molecule has 0 radical (unpaired) electrons. The summed E-state index contributed by atoms with van der Waals surface area (Å²) in [6, 6.07) is 7.54. The number of fused-ring (bicyclic) bond motifs is 1. The van der Waals surface area contributed by atoms with Crippen LogP contribution in [0.5, 0.6) is 0 Å². The molecule has 2 aromatic rings. The lowest BCUT2D eigenvalue weighted by atomic mass is 10.2. The van der Waals surface area contributed by atoms with Gasteiger partial charge in [-0.2, -0.15) is 4.98 Å². The quantitative estimate of drug-likeness (QED) is 0.584. The van der Waals surface area contributed by atoms with E-state index in [-0.39, 0.29) is 5.69 Å². The number of para-hydroxylation sites is 1. The third-order valence-corrected chi connectivity index (χ3v) is 2.43. The SMILES string of the molecule is O=c1nc2ccccc2c(I)[nH]1. The smallest absolute Gasteiger partial charge is 0.300 e. The van der Waals surface area contributed by atoms with Crippen LogP contribution in [0.3, 0.4) is 0 Å². The van der Waals surface area contributed by atoms with E-state index in [1.165, 1.54) is 0 Å². The van der Waals surface area contributed by atoms with Gasteiger partial charge in [0.05, 0.1) is 9.22 Å². The van der Waals surface area contributed by atoms with Crippen LogP contribution in [-0.4, -0.2) is 9.97 Å². The normalized spacial score (nSPS) is 10.4. The number of benzene rings is 1. The molecule has 0 saturated carbocycles. The maximum Gasteiger partial charge on any atom is 0.346 e. The molecule has 0 aliphatic rings.